The number of nitrogens with one attached hydrogen (secondary N) is 2. The molecule has 0 saturated heterocycles. The summed E-state index contributed by atoms with van der Waals surface area (Å²) in [5.41, 5.74) is 7.66. The van der Waals surface area contributed by atoms with Gasteiger partial charge < -0.3 is 5.32 Å². The van der Waals surface area contributed by atoms with Crippen molar-refractivity contribution in [2.45, 2.75) is 13.0 Å². The molecule has 104 valence electrons. The number of aromatic nitrogens is 2. The number of H-pyrrole nitrogens is 1. The van der Waals surface area contributed by atoms with E-state index in [-0.39, 0.29) is 0 Å². The fourth-order valence-electron chi connectivity index (χ4n) is 2.92. The Kier molecular flexibility index (Phi) is 3.05. The van der Waals surface area contributed by atoms with E-state index >= 15 is 0 Å². The van der Waals surface area contributed by atoms with Crippen molar-refractivity contribution in [2.75, 3.05) is 6.54 Å². The number of rotatable bonds is 2. The summed E-state index contributed by atoms with van der Waals surface area (Å²) in [7, 11) is 0. The molecule has 21 heavy (non-hydrogen) atoms. The molecule has 0 radical (unpaired) electrons. The summed E-state index contributed by atoms with van der Waals surface area (Å²) in [4.78, 5) is 0. The molecule has 1 aliphatic heterocycles. The maximum Gasteiger partial charge on any atom is 0.0650 e. The summed E-state index contributed by atoms with van der Waals surface area (Å²) in [5.74, 6) is 0. The third-order valence-electron chi connectivity index (χ3n) is 4.12. The molecule has 3 heteroatoms. The van der Waals surface area contributed by atoms with Gasteiger partial charge in [-0.05, 0) is 52.9 Å². The lowest BCUT2D eigenvalue weighted by molar-refractivity contribution is 0.644. The lowest BCUT2D eigenvalue weighted by atomic mass is 9.95. The summed E-state index contributed by atoms with van der Waals surface area (Å²) >= 11 is 0. The average molecular weight is 275 g/mol. The molecule has 0 bridgehead atoms. The Morgan fingerprint density at radius 1 is 0.810 bits per heavy atom. The maximum atomic E-state index is 4.00. The van der Waals surface area contributed by atoms with E-state index in [9.17, 15) is 0 Å². The van der Waals surface area contributed by atoms with Crippen LogP contribution < -0.4 is 5.32 Å². The van der Waals surface area contributed by atoms with E-state index < -0.39 is 0 Å². The highest BCUT2D eigenvalue weighted by atomic mass is 15.1. The van der Waals surface area contributed by atoms with Gasteiger partial charge in [0.15, 0.2) is 0 Å². The molecule has 3 nitrogen and oxygen atoms in total. The third-order valence-corrected chi connectivity index (χ3v) is 4.12. The fraction of sp³-hybridized carbons (Fsp3) is 0.167. The molecular formula is C18H17N3. The van der Waals surface area contributed by atoms with Gasteiger partial charge in [0.05, 0.1) is 5.69 Å². The largest absolute Gasteiger partial charge is 0.312 e. The van der Waals surface area contributed by atoms with Gasteiger partial charge in [-0.3, -0.25) is 5.10 Å². The monoisotopic (exact) mass is 275 g/mol. The molecule has 0 aliphatic carbocycles. The van der Waals surface area contributed by atoms with Crippen LogP contribution >= 0.6 is 0 Å². The van der Waals surface area contributed by atoms with Crippen LogP contribution in [0, 0.1) is 0 Å². The minimum Gasteiger partial charge on any atom is -0.312 e. The zero-order valence-electron chi connectivity index (χ0n) is 11.8. The maximum absolute atomic E-state index is 4.00. The zero-order chi connectivity index (χ0) is 14.1. The quantitative estimate of drug-likeness (QED) is 0.752. The highest BCUT2D eigenvalue weighted by Crippen LogP contribution is 2.26. The highest BCUT2D eigenvalue weighted by Gasteiger charge is 2.09. The van der Waals surface area contributed by atoms with Gasteiger partial charge in [0.25, 0.3) is 0 Å². The molecule has 3 aromatic rings. The Hall–Kier alpha value is -2.39. The molecule has 1 aromatic heterocycles. The lowest BCUT2D eigenvalue weighted by Gasteiger charge is -2.18. The first-order chi connectivity index (χ1) is 10.4. The minimum atomic E-state index is 0.982. The second kappa shape index (κ2) is 5.19. The van der Waals surface area contributed by atoms with E-state index in [0.717, 1.165) is 30.8 Å². The Morgan fingerprint density at radius 3 is 2.43 bits per heavy atom. The van der Waals surface area contributed by atoms with Gasteiger partial charge in [-0.15, -0.1) is 0 Å². The number of aromatic amines is 1. The second-order valence-corrected chi connectivity index (χ2v) is 5.46. The Bertz CT molecular complexity index is 743. The predicted molar refractivity (Wildman–Crippen MR) is 84.9 cm³/mol. The van der Waals surface area contributed by atoms with Crippen LogP contribution in [-0.2, 0) is 13.0 Å². The molecule has 2 N–H and O–H groups in total. The Morgan fingerprint density at radius 2 is 1.62 bits per heavy atom. The molecule has 0 fully saturated rings. The van der Waals surface area contributed by atoms with Gasteiger partial charge in [0, 0.05) is 12.7 Å². The van der Waals surface area contributed by atoms with Crippen LogP contribution in [0.15, 0.2) is 54.7 Å². The van der Waals surface area contributed by atoms with Crippen LogP contribution in [-0.4, -0.2) is 16.7 Å². The van der Waals surface area contributed by atoms with Crippen molar-refractivity contribution in [3.05, 3.63) is 65.9 Å². The lowest BCUT2D eigenvalue weighted by Crippen LogP contribution is -2.23. The first-order valence-electron chi connectivity index (χ1n) is 7.33. The number of nitrogens with zero attached hydrogens (tertiary/aromatic N) is 1. The van der Waals surface area contributed by atoms with E-state index in [4.69, 9.17) is 0 Å². The van der Waals surface area contributed by atoms with E-state index in [2.05, 4.69) is 58.0 Å². The number of fused-ring (bicyclic) bond motifs is 1. The molecular weight excluding hydrogens is 258 g/mol. The summed E-state index contributed by atoms with van der Waals surface area (Å²) in [6, 6.07) is 17.4. The topological polar surface area (TPSA) is 40.7 Å². The van der Waals surface area contributed by atoms with Gasteiger partial charge in [-0.25, -0.2) is 0 Å². The first kappa shape index (κ1) is 12.4. The van der Waals surface area contributed by atoms with Gasteiger partial charge in [0.2, 0.25) is 0 Å². The van der Waals surface area contributed by atoms with Crippen molar-refractivity contribution in [1.82, 2.24) is 15.5 Å². The average Bonchev–Trinajstić information content (AvgIpc) is 3.09. The zero-order valence-corrected chi connectivity index (χ0v) is 11.8. The molecule has 0 spiro atoms. The Balaban J connectivity index is 1.67. The van der Waals surface area contributed by atoms with Crippen molar-refractivity contribution >= 4 is 0 Å². The van der Waals surface area contributed by atoms with Crippen molar-refractivity contribution < 1.29 is 0 Å². The van der Waals surface area contributed by atoms with Crippen LogP contribution in [0.4, 0.5) is 0 Å². The molecule has 0 saturated carbocycles. The summed E-state index contributed by atoms with van der Waals surface area (Å²) < 4.78 is 0. The molecule has 4 rings (SSSR count). The van der Waals surface area contributed by atoms with Gasteiger partial charge in [-0.2, -0.15) is 5.10 Å². The molecule has 1 aliphatic rings. The van der Waals surface area contributed by atoms with Crippen LogP contribution in [0.5, 0.6) is 0 Å². The highest BCUT2D eigenvalue weighted by molar-refractivity contribution is 5.69. The standard InChI is InChI=1S/C18H17N3/c1-4-15(18-8-10-20-21-18)5-2-13(1)16-6-3-14-7-9-19-12-17(14)11-16/h1-6,8,10-11,19H,7,9,12H2,(H,20,21). The van der Waals surface area contributed by atoms with Gasteiger partial charge in [0.1, 0.15) is 0 Å². The first-order valence-corrected chi connectivity index (χ1v) is 7.33. The number of hydrogen-bond acceptors (Lipinski definition) is 2. The minimum absolute atomic E-state index is 0.982. The predicted octanol–water partition coefficient (Wildman–Crippen LogP) is 3.39. The van der Waals surface area contributed by atoms with Crippen molar-refractivity contribution in [3.8, 4) is 22.4 Å². The van der Waals surface area contributed by atoms with E-state index in [1.165, 1.54) is 22.3 Å². The van der Waals surface area contributed by atoms with E-state index in [1.807, 2.05) is 6.07 Å². The molecule has 0 unspecified atom stereocenters. The molecule has 2 aromatic carbocycles. The van der Waals surface area contributed by atoms with Crippen LogP contribution in [0.3, 0.4) is 0 Å². The van der Waals surface area contributed by atoms with Gasteiger partial charge >= 0.3 is 0 Å². The Labute approximate surface area is 124 Å². The number of benzene rings is 2. The summed E-state index contributed by atoms with van der Waals surface area (Å²) in [6.07, 6.45) is 2.91. The molecule has 2 heterocycles. The second-order valence-electron chi connectivity index (χ2n) is 5.46. The fourth-order valence-corrected chi connectivity index (χ4v) is 2.92. The normalized spacial score (nSPS) is 13.9. The van der Waals surface area contributed by atoms with E-state index in [0.29, 0.717) is 0 Å². The summed E-state index contributed by atoms with van der Waals surface area (Å²) in [5, 5.41) is 10.4. The van der Waals surface area contributed by atoms with Crippen molar-refractivity contribution in [3.63, 3.8) is 0 Å². The van der Waals surface area contributed by atoms with Crippen molar-refractivity contribution in [2.24, 2.45) is 0 Å². The molecule has 0 atom stereocenters. The van der Waals surface area contributed by atoms with Crippen LogP contribution in [0.25, 0.3) is 22.4 Å². The smallest absolute Gasteiger partial charge is 0.0650 e. The van der Waals surface area contributed by atoms with Crippen LogP contribution in [0.2, 0.25) is 0 Å². The number of hydrogen-bond donors (Lipinski definition) is 2. The SMILES string of the molecule is c1cc(-c2ccc(-c3ccc4c(c3)CNCC4)cc2)[nH]n1. The summed E-state index contributed by atoms with van der Waals surface area (Å²) in [6.45, 7) is 2.07. The van der Waals surface area contributed by atoms with Crippen molar-refractivity contribution in [1.29, 1.82) is 0 Å². The third kappa shape index (κ3) is 2.36. The molecule has 0 amide bonds. The van der Waals surface area contributed by atoms with Crippen LogP contribution in [0.1, 0.15) is 11.1 Å². The van der Waals surface area contributed by atoms with E-state index in [1.54, 1.807) is 6.20 Å². The van der Waals surface area contributed by atoms with Gasteiger partial charge in [-0.1, -0.05) is 36.4 Å².